The lowest BCUT2D eigenvalue weighted by molar-refractivity contribution is -0.112. The lowest BCUT2D eigenvalue weighted by atomic mass is 10.0. The maximum Gasteiger partial charge on any atom is 0.277 e. The second kappa shape index (κ2) is 7.61. The van der Waals surface area contributed by atoms with Gasteiger partial charge in [-0.05, 0) is 55.5 Å². The van der Waals surface area contributed by atoms with Gasteiger partial charge in [0.1, 0.15) is 5.65 Å². The zero-order valence-electron chi connectivity index (χ0n) is 16.3. The van der Waals surface area contributed by atoms with E-state index in [1.54, 1.807) is 12.1 Å². The van der Waals surface area contributed by atoms with E-state index in [1.165, 1.54) is 24.2 Å². The summed E-state index contributed by atoms with van der Waals surface area (Å²) in [7, 11) is 0. The molecule has 3 aromatic rings. The van der Waals surface area contributed by atoms with Crippen LogP contribution >= 0.6 is 0 Å². The molecule has 1 N–H and O–H groups in total. The maximum atomic E-state index is 12.6. The van der Waals surface area contributed by atoms with Crippen molar-refractivity contribution in [1.29, 1.82) is 0 Å². The molecule has 6 heteroatoms. The van der Waals surface area contributed by atoms with Gasteiger partial charge in [0.05, 0.1) is 17.4 Å². The van der Waals surface area contributed by atoms with Gasteiger partial charge in [-0.1, -0.05) is 18.2 Å². The second-order valence-electron chi connectivity index (χ2n) is 8.01. The third-order valence-corrected chi connectivity index (χ3v) is 5.94. The highest BCUT2D eigenvalue weighted by molar-refractivity contribution is 5.93. The Morgan fingerprint density at radius 3 is 2.59 bits per heavy atom. The Balaban J connectivity index is 1.35. The number of imidazole rings is 1. The average Bonchev–Trinajstić information content (AvgIpc) is 3.56. The topological polar surface area (TPSA) is 67.1 Å². The fraction of sp³-hybridized carbons (Fsp3) is 0.391. The summed E-state index contributed by atoms with van der Waals surface area (Å²) in [5, 5.41) is 11.2. The molecule has 0 spiro atoms. The van der Waals surface area contributed by atoms with E-state index < -0.39 is 0 Å². The quantitative estimate of drug-likeness (QED) is 0.530. The molecule has 3 heterocycles. The first-order valence-electron chi connectivity index (χ1n) is 10.4. The molecular weight excluding hydrogens is 366 g/mol. The first-order valence-corrected chi connectivity index (χ1v) is 10.4. The van der Waals surface area contributed by atoms with Crippen LogP contribution in [0.5, 0.6) is 0 Å². The molecule has 5 rings (SSSR count). The Kier molecular flexibility index (Phi) is 4.81. The molecule has 1 aromatic carbocycles. The van der Waals surface area contributed by atoms with Gasteiger partial charge in [0.15, 0.2) is 0 Å². The minimum absolute atomic E-state index is 0.171. The monoisotopic (exact) mass is 391 g/mol. The van der Waals surface area contributed by atoms with E-state index in [-0.39, 0.29) is 11.9 Å². The van der Waals surface area contributed by atoms with Gasteiger partial charge in [-0.25, -0.2) is 10.0 Å². The summed E-state index contributed by atoms with van der Waals surface area (Å²) >= 11 is 0. The van der Waals surface area contributed by atoms with E-state index in [9.17, 15) is 10.0 Å². The Morgan fingerprint density at radius 1 is 1.10 bits per heavy atom. The van der Waals surface area contributed by atoms with Crippen molar-refractivity contribution >= 4 is 11.6 Å². The highest BCUT2D eigenvalue weighted by atomic mass is 16.5. The lowest BCUT2D eigenvalue weighted by Crippen LogP contribution is -2.41. The van der Waals surface area contributed by atoms with Crippen LogP contribution in [0.1, 0.15) is 58.9 Å². The number of hydrogen-bond acceptors (Lipinski definition) is 4. The second-order valence-corrected chi connectivity index (χ2v) is 8.01. The minimum atomic E-state index is -0.350. The zero-order valence-corrected chi connectivity index (χ0v) is 16.3. The van der Waals surface area contributed by atoms with E-state index >= 15 is 0 Å². The van der Waals surface area contributed by atoms with Crippen LogP contribution in [0, 0.1) is 0 Å². The normalized spacial score (nSPS) is 17.6. The summed E-state index contributed by atoms with van der Waals surface area (Å²) in [6.45, 7) is 1.16. The number of carbonyl (C=O) groups excluding carboxylic acids is 1. The molecule has 2 fully saturated rings. The molecule has 150 valence electrons. The molecule has 6 nitrogen and oxygen atoms in total. The smallest absolute Gasteiger partial charge is 0.277 e. The van der Waals surface area contributed by atoms with Crippen LogP contribution in [0.25, 0.3) is 5.65 Å². The van der Waals surface area contributed by atoms with Crippen molar-refractivity contribution in [3.63, 3.8) is 0 Å². The summed E-state index contributed by atoms with van der Waals surface area (Å²) in [6.07, 6.45) is 6.59. The molecule has 2 aromatic heterocycles. The number of carbonyl (C=O) groups is 1. The van der Waals surface area contributed by atoms with Gasteiger partial charge < -0.3 is 9.14 Å². The van der Waals surface area contributed by atoms with Gasteiger partial charge in [-0.15, -0.1) is 0 Å². The van der Waals surface area contributed by atoms with Gasteiger partial charge in [-0.3, -0.25) is 10.0 Å². The SMILES string of the molecule is O=C(c1ccc(Cc2c(C3CC3)nc3ccccn23)cc1)N(O)C1CCOCC1. The molecule has 0 unspecified atom stereocenters. The van der Waals surface area contributed by atoms with Gasteiger partial charge in [-0.2, -0.15) is 0 Å². The Labute approximate surface area is 169 Å². The number of hydrogen-bond donors (Lipinski definition) is 1. The van der Waals surface area contributed by atoms with E-state index in [1.807, 2.05) is 30.3 Å². The molecule has 0 atom stereocenters. The van der Waals surface area contributed by atoms with Gasteiger partial charge in [0.25, 0.3) is 5.91 Å². The number of aromatic nitrogens is 2. The Bertz CT molecular complexity index is 1020. The van der Waals surface area contributed by atoms with Crippen LogP contribution in [0.2, 0.25) is 0 Å². The Hall–Kier alpha value is -2.70. The predicted octanol–water partition coefficient (Wildman–Crippen LogP) is 3.81. The van der Waals surface area contributed by atoms with Crippen molar-refractivity contribution in [2.24, 2.45) is 0 Å². The van der Waals surface area contributed by atoms with Crippen LogP contribution in [0.15, 0.2) is 48.7 Å². The van der Waals surface area contributed by atoms with Gasteiger partial charge >= 0.3 is 0 Å². The van der Waals surface area contributed by atoms with Crippen LogP contribution < -0.4 is 0 Å². The third kappa shape index (κ3) is 3.66. The fourth-order valence-corrected chi connectivity index (χ4v) is 4.11. The standard InChI is InChI=1S/C23H25N3O3/c27-23(26(28)19-10-13-29-14-11-19)18-6-4-16(5-7-18)15-20-22(17-8-9-17)24-21-3-1-2-12-25(20)21/h1-7,12,17,19,28H,8-11,13-15H2. The number of ether oxygens (including phenoxy) is 1. The van der Waals surface area contributed by atoms with Crippen molar-refractivity contribution < 1.29 is 14.7 Å². The number of benzene rings is 1. The summed E-state index contributed by atoms with van der Waals surface area (Å²) in [6, 6.07) is 13.5. The van der Waals surface area contributed by atoms with E-state index in [0.29, 0.717) is 37.5 Å². The van der Waals surface area contributed by atoms with Crippen molar-refractivity contribution in [2.75, 3.05) is 13.2 Å². The van der Waals surface area contributed by atoms with Gasteiger partial charge in [0.2, 0.25) is 0 Å². The third-order valence-electron chi connectivity index (χ3n) is 5.94. The van der Waals surface area contributed by atoms with E-state index in [0.717, 1.165) is 22.7 Å². The van der Waals surface area contributed by atoms with Crippen molar-refractivity contribution in [2.45, 2.75) is 44.1 Å². The summed E-state index contributed by atoms with van der Waals surface area (Å²) < 4.78 is 7.48. The summed E-state index contributed by atoms with van der Waals surface area (Å²) in [5.41, 5.74) is 5.06. The number of hydroxylamine groups is 2. The molecule has 29 heavy (non-hydrogen) atoms. The fourth-order valence-electron chi connectivity index (χ4n) is 4.11. The number of fused-ring (bicyclic) bond motifs is 1. The molecule has 0 radical (unpaired) electrons. The molecule has 0 bridgehead atoms. The molecule has 1 aliphatic carbocycles. The molecule has 1 aliphatic heterocycles. The first-order chi connectivity index (χ1) is 14.2. The maximum absolute atomic E-state index is 12.6. The highest BCUT2D eigenvalue weighted by Gasteiger charge is 2.30. The molecule has 1 saturated heterocycles. The number of nitrogens with zero attached hydrogens (tertiary/aromatic N) is 3. The van der Waals surface area contributed by atoms with Crippen molar-refractivity contribution in [3.8, 4) is 0 Å². The van der Waals surface area contributed by atoms with Crippen LogP contribution in [-0.2, 0) is 11.2 Å². The average molecular weight is 391 g/mol. The zero-order chi connectivity index (χ0) is 19.8. The number of pyridine rings is 1. The van der Waals surface area contributed by atoms with Gasteiger partial charge in [0, 0.05) is 37.3 Å². The first kappa shape index (κ1) is 18.3. The molecule has 2 aliphatic rings. The highest BCUT2D eigenvalue weighted by Crippen LogP contribution is 2.41. The van der Waals surface area contributed by atoms with E-state index in [2.05, 4.69) is 10.6 Å². The van der Waals surface area contributed by atoms with Crippen LogP contribution in [0.4, 0.5) is 0 Å². The van der Waals surface area contributed by atoms with Crippen molar-refractivity contribution in [1.82, 2.24) is 14.4 Å². The Morgan fingerprint density at radius 2 is 1.86 bits per heavy atom. The minimum Gasteiger partial charge on any atom is -0.381 e. The van der Waals surface area contributed by atoms with Crippen LogP contribution in [-0.4, -0.2) is 44.8 Å². The lowest BCUT2D eigenvalue weighted by Gasteiger charge is -2.29. The molecular formula is C23H25N3O3. The van der Waals surface area contributed by atoms with E-state index in [4.69, 9.17) is 9.72 Å². The largest absolute Gasteiger partial charge is 0.381 e. The molecule has 1 amide bonds. The summed E-state index contributed by atoms with van der Waals surface area (Å²) in [4.78, 5) is 17.5. The summed E-state index contributed by atoms with van der Waals surface area (Å²) in [5.74, 6) is 0.227. The van der Waals surface area contributed by atoms with Crippen molar-refractivity contribution in [3.05, 3.63) is 71.2 Å². The van der Waals surface area contributed by atoms with Crippen LogP contribution in [0.3, 0.4) is 0 Å². The predicted molar refractivity (Wildman–Crippen MR) is 108 cm³/mol. The number of rotatable bonds is 5. The number of amides is 1. The molecule has 1 saturated carbocycles.